The molecule has 2 aromatic heterocycles. The fourth-order valence-electron chi connectivity index (χ4n) is 2.89. The molecule has 2 heterocycles. The molecule has 0 radical (unpaired) electrons. The number of carbonyl (C=O) groups excluding carboxylic acids is 1. The lowest BCUT2D eigenvalue weighted by atomic mass is 10.1. The van der Waals surface area contributed by atoms with Crippen molar-refractivity contribution in [3.05, 3.63) is 65.4 Å². The normalized spacial score (nSPS) is 11.9. The van der Waals surface area contributed by atoms with Crippen molar-refractivity contribution in [3.63, 3.8) is 0 Å². The minimum atomic E-state index is -0.274. The fraction of sp³-hybridized carbons (Fsp3) is 0.333. The summed E-state index contributed by atoms with van der Waals surface area (Å²) in [7, 11) is 1.60. The smallest absolute Gasteiger partial charge is 0.287 e. The van der Waals surface area contributed by atoms with Crippen LogP contribution >= 0.6 is 0 Å². The molecule has 0 bridgehead atoms. The van der Waals surface area contributed by atoms with Crippen molar-refractivity contribution < 1.29 is 18.7 Å². The Morgan fingerprint density at radius 1 is 1.29 bits per heavy atom. The minimum absolute atomic E-state index is 0.172. The monoisotopic (exact) mass is 383 g/mol. The molecule has 1 amide bonds. The van der Waals surface area contributed by atoms with Crippen LogP contribution in [0.2, 0.25) is 0 Å². The van der Waals surface area contributed by atoms with Gasteiger partial charge in [-0.25, -0.2) is 0 Å². The van der Waals surface area contributed by atoms with Gasteiger partial charge in [0.05, 0.1) is 18.8 Å². The first kappa shape index (κ1) is 19.5. The Balaban J connectivity index is 1.59. The third kappa shape index (κ3) is 4.54. The Kier molecular flexibility index (Phi) is 6.03. The quantitative estimate of drug-likeness (QED) is 0.639. The van der Waals surface area contributed by atoms with Gasteiger partial charge in [0.1, 0.15) is 23.9 Å². The second kappa shape index (κ2) is 8.65. The first-order chi connectivity index (χ1) is 13.5. The number of aromatic nitrogens is 2. The van der Waals surface area contributed by atoms with Crippen molar-refractivity contribution in [2.75, 3.05) is 7.11 Å². The molecule has 1 N–H and O–H groups in total. The van der Waals surface area contributed by atoms with E-state index in [1.807, 2.05) is 49.8 Å². The molecule has 3 aromatic rings. The Morgan fingerprint density at radius 2 is 2.07 bits per heavy atom. The van der Waals surface area contributed by atoms with Gasteiger partial charge in [-0.3, -0.25) is 9.48 Å². The highest BCUT2D eigenvalue weighted by molar-refractivity contribution is 5.91. The van der Waals surface area contributed by atoms with Crippen LogP contribution in [0.4, 0.5) is 0 Å². The van der Waals surface area contributed by atoms with Gasteiger partial charge in [-0.15, -0.1) is 0 Å². The SMILES string of the molecule is CCn1cc(C(C)NC(=O)c2ccc(COc3cccc(OC)c3)o2)c(C)n1. The molecule has 0 fully saturated rings. The molecule has 7 heteroatoms. The Labute approximate surface area is 164 Å². The van der Waals surface area contributed by atoms with Crippen LogP contribution in [0, 0.1) is 6.92 Å². The number of rotatable bonds is 8. The van der Waals surface area contributed by atoms with E-state index in [2.05, 4.69) is 10.4 Å². The van der Waals surface area contributed by atoms with Gasteiger partial charge in [-0.2, -0.15) is 5.10 Å². The molecular formula is C21H25N3O4. The summed E-state index contributed by atoms with van der Waals surface area (Å²) < 4.78 is 18.3. The van der Waals surface area contributed by atoms with Crippen molar-refractivity contribution in [2.45, 2.75) is 40.0 Å². The standard InChI is InChI=1S/C21H25N3O4/c1-5-24-12-19(15(3)23-24)14(2)22-21(25)20-10-9-18(28-20)13-27-17-8-6-7-16(11-17)26-4/h6-12,14H,5,13H2,1-4H3,(H,22,25). The molecule has 0 spiro atoms. The third-order valence-electron chi connectivity index (χ3n) is 4.43. The van der Waals surface area contributed by atoms with Gasteiger partial charge in [0.25, 0.3) is 5.91 Å². The molecule has 1 atom stereocenters. The van der Waals surface area contributed by atoms with E-state index in [4.69, 9.17) is 13.9 Å². The zero-order chi connectivity index (χ0) is 20.1. The summed E-state index contributed by atoms with van der Waals surface area (Å²) >= 11 is 0. The highest BCUT2D eigenvalue weighted by Crippen LogP contribution is 2.21. The van der Waals surface area contributed by atoms with Gasteiger partial charge in [0, 0.05) is 24.4 Å². The Hall–Kier alpha value is -3.22. The molecule has 0 aliphatic carbocycles. The summed E-state index contributed by atoms with van der Waals surface area (Å²) in [6.45, 7) is 6.90. The maximum Gasteiger partial charge on any atom is 0.287 e. The van der Waals surface area contributed by atoms with Gasteiger partial charge in [0.2, 0.25) is 0 Å². The predicted molar refractivity (Wildman–Crippen MR) is 105 cm³/mol. The molecule has 0 aliphatic rings. The lowest BCUT2D eigenvalue weighted by Crippen LogP contribution is -2.26. The van der Waals surface area contributed by atoms with Crippen LogP contribution in [0.1, 0.15) is 47.5 Å². The number of benzene rings is 1. The molecule has 0 saturated carbocycles. The molecule has 1 aromatic carbocycles. The lowest BCUT2D eigenvalue weighted by Gasteiger charge is -2.12. The number of methoxy groups -OCH3 is 1. The number of aryl methyl sites for hydroxylation is 2. The number of furan rings is 1. The predicted octanol–water partition coefficient (Wildman–Crippen LogP) is 3.88. The van der Waals surface area contributed by atoms with E-state index in [0.29, 0.717) is 17.3 Å². The number of nitrogens with one attached hydrogen (secondary N) is 1. The second-order valence-electron chi connectivity index (χ2n) is 6.45. The Morgan fingerprint density at radius 3 is 2.79 bits per heavy atom. The fourth-order valence-corrected chi connectivity index (χ4v) is 2.89. The van der Waals surface area contributed by atoms with E-state index in [1.54, 1.807) is 25.3 Å². The molecule has 148 valence electrons. The average Bonchev–Trinajstić information content (AvgIpc) is 3.33. The van der Waals surface area contributed by atoms with Crippen molar-refractivity contribution in [3.8, 4) is 11.5 Å². The highest BCUT2D eigenvalue weighted by Gasteiger charge is 2.18. The van der Waals surface area contributed by atoms with Crippen LogP contribution in [0.15, 0.2) is 47.0 Å². The van der Waals surface area contributed by atoms with E-state index >= 15 is 0 Å². The van der Waals surface area contributed by atoms with Crippen molar-refractivity contribution in [1.29, 1.82) is 0 Å². The van der Waals surface area contributed by atoms with E-state index in [0.717, 1.165) is 17.8 Å². The Bertz CT molecular complexity index is 945. The summed E-state index contributed by atoms with van der Waals surface area (Å²) in [5, 5.41) is 7.37. The molecule has 3 rings (SSSR count). The molecule has 28 heavy (non-hydrogen) atoms. The zero-order valence-electron chi connectivity index (χ0n) is 16.6. The van der Waals surface area contributed by atoms with Crippen LogP contribution in [-0.4, -0.2) is 22.8 Å². The van der Waals surface area contributed by atoms with Gasteiger partial charge >= 0.3 is 0 Å². The molecule has 1 unspecified atom stereocenters. The number of carbonyl (C=O) groups is 1. The number of ether oxygens (including phenoxy) is 2. The number of hydrogen-bond donors (Lipinski definition) is 1. The number of hydrogen-bond acceptors (Lipinski definition) is 5. The van der Waals surface area contributed by atoms with Crippen LogP contribution in [0.5, 0.6) is 11.5 Å². The maximum absolute atomic E-state index is 12.5. The molecule has 0 aliphatic heterocycles. The summed E-state index contributed by atoms with van der Waals surface area (Å²) in [6, 6.07) is 10.5. The summed E-state index contributed by atoms with van der Waals surface area (Å²) in [5.74, 6) is 1.92. The van der Waals surface area contributed by atoms with Crippen LogP contribution in [-0.2, 0) is 13.2 Å². The second-order valence-corrected chi connectivity index (χ2v) is 6.45. The van der Waals surface area contributed by atoms with Gasteiger partial charge in [0.15, 0.2) is 5.76 Å². The van der Waals surface area contributed by atoms with Crippen LogP contribution < -0.4 is 14.8 Å². The van der Waals surface area contributed by atoms with Crippen LogP contribution in [0.25, 0.3) is 0 Å². The van der Waals surface area contributed by atoms with E-state index in [9.17, 15) is 4.79 Å². The lowest BCUT2D eigenvalue weighted by molar-refractivity contribution is 0.0907. The van der Waals surface area contributed by atoms with E-state index < -0.39 is 0 Å². The minimum Gasteiger partial charge on any atom is -0.497 e. The molecular weight excluding hydrogens is 358 g/mol. The highest BCUT2D eigenvalue weighted by atomic mass is 16.5. The van der Waals surface area contributed by atoms with Gasteiger partial charge in [-0.05, 0) is 45.0 Å². The van der Waals surface area contributed by atoms with Crippen molar-refractivity contribution in [2.24, 2.45) is 0 Å². The average molecular weight is 383 g/mol. The first-order valence-electron chi connectivity index (χ1n) is 9.20. The topological polar surface area (TPSA) is 78.5 Å². The summed E-state index contributed by atoms with van der Waals surface area (Å²) in [4.78, 5) is 12.5. The van der Waals surface area contributed by atoms with E-state index in [-0.39, 0.29) is 24.3 Å². The van der Waals surface area contributed by atoms with Gasteiger partial charge < -0.3 is 19.2 Å². The van der Waals surface area contributed by atoms with Crippen LogP contribution in [0.3, 0.4) is 0 Å². The van der Waals surface area contributed by atoms with Gasteiger partial charge in [-0.1, -0.05) is 6.07 Å². The number of amides is 1. The first-order valence-corrected chi connectivity index (χ1v) is 9.20. The largest absolute Gasteiger partial charge is 0.497 e. The summed E-state index contributed by atoms with van der Waals surface area (Å²) in [6.07, 6.45) is 1.95. The van der Waals surface area contributed by atoms with Crippen molar-refractivity contribution in [1.82, 2.24) is 15.1 Å². The molecule has 7 nitrogen and oxygen atoms in total. The summed E-state index contributed by atoms with van der Waals surface area (Å²) in [5.41, 5.74) is 1.89. The van der Waals surface area contributed by atoms with Crippen molar-refractivity contribution >= 4 is 5.91 Å². The third-order valence-corrected chi connectivity index (χ3v) is 4.43. The number of nitrogens with zero attached hydrogens (tertiary/aromatic N) is 2. The maximum atomic E-state index is 12.5. The van der Waals surface area contributed by atoms with E-state index in [1.165, 1.54) is 0 Å². The molecule has 0 saturated heterocycles. The zero-order valence-corrected chi connectivity index (χ0v) is 16.6.